The van der Waals surface area contributed by atoms with Crippen molar-refractivity contribution in [1.29, 1.82) is 0 Å². The zero-order chi connectivity index (χ0) is 20.2. The zero-order valence-electron chi connectivity index (χ0n) is 16.2. The van der Waals surface area contributed by atoms with Crippen molar-refractivity contribution in [1.82, 2.24) is 19.7 Å². The van der Waals surface area contributed by atoms with Crippen LogP contribution in [-0.2, 0) is 6.61 Å². The maximum atomic E-state index is 12.8. The Morgan fingerprint density at radius 2 is 1.97 bits per heavy atom. The minimum absolute atomic E-state index is 0.0491. The molecule has 0 bridgehead atoms. The molecule has 0 aliphatic rings. The second-order valence-electron chi connectivity index (χ2n) is 6.76. The third kappa shape index (κ3) is 3.94. The number of pyridine rings is 2. The Hall–Kier alpha value is -3.74. The van der Waals surface area contributed by atoms with Crippen LogP contribution < -0.4 is 15.7 Å². The maximum absolute atomic E-state index is 12.8. The molecule has 0 saturated carbocycles. The standard InChI is InChI=1S/C22H21N5O2/c1-15(18-9-6-10-23-12-18)26-19-11-20(28)27(22-21(19)16(2)24-14-25-22)29-13-17-7-4-3-5-8-17/h3-12,14-15,26H,13H2,1-2H3. The predicted molar refractivity (Wildman–Crippen MR) is 112 cm³/mol. The predicted octanol–water partition coefficient (Wildman–Crippen LogP) is 3.30. The fourth-order valence-corrected chi connectivity index (χ4v) is 3.19. The summed E-state index contributed by atoms with van der Waals surface area (Å²) in [5, 5.41) is 4.14. The lowest BCUT2D eigenvalue weighted by Crippen LogP contribution is -2.28. The van der Waals surface area contributed by atoms with Gasteiger partial charge in [-0.1, -0.05) is 36.4 Å². The molecular formula is C22H21N5O2. The number of benzene rings is 1. The van der Waals surface area contributed by atoms with Crippen LogP contribution in [0.1, 0.15) is 29.8 Å². The molecule has 0 amide bonds. The zero-order valence-corrected chi connectivity index (χ0v) is 16.2. The molecule has 146 valence electrons. The second kappa shape index (κ2) is 8.10. The van der Waals surface area contributed by atoms with Gasteiger partial charge < -0.3 is 10.2 Å². The fourth-order valence-electron chi connectivity index (χ4n) is 3.19. The molecule has 4 rings (SSSR count). The molecule has 0 fully saturated rings. The summed E-state index contributed by atoms with van der Waals surface area (Å²) >= 11 is 0. The number of anilines is 1. The highest BCUT2D eigenvalue weighted by atomic mass is 16.7. The molecular weight excluding hydrogens is 366 g/mol. The van der Waals surface area contributed by atoms with Gasteiger partial charge in [0.05, 0.1) is 22.8 Å². The number of rotatable bonds is 6. The molecule has 1 N–H and O–H groups in total. The average molecular weight is 387 g/mol. The van der Waals surface area contributed by atoms with Gasteiger partial charge in [-0.25, -0.2) is 9.97 Å². The van der Waals surface area contributed by atoms with E-state index in [1.807, 2.05) is 56.3 Å². The first-order chi connectivity index (χ1) is 14.1. The van der Waals surface area contributed by atoms with Crippen molar-refractivity contribution < 1.29 is 4.84 Å². The van der Waals surface area contributed by atoms with Gasteiger partial charge in [0.2, 0.25) is 0 Å². The van der Waals surface area contributed by atoms with Gasteiger partial charge in [0.15, 0.2) is 5.65 Å². The summed E-state index contributed by atoms with van der Waals surface area (Å²) in [6.07, 6.45) is 4.97. The van der Waals surface area contributed by atoms with E-state index in [-0.39, 0.29) is 18.2 Å². The van der Waals surface area contributed by atoms with Gasteiger partial charge in [-0.05, 0) is 31.0 Å². The Bertz CT molecular complexity index is 1180. The molecule has 3 aromatic heterocycles. The molecule has 0 aliphatic heterocycles. The summed E-state index contributed by atoms with van der Waals surface area (Å²) in [5.41, 5.74) is 3.53. The fraction of sp³-hybridized carbons (Fsp3) is 0.182. The molecule has 1 unspecified atom stereocenters. The molecule has 29 heavy (non-hydrogen) atoms. The minimum Gasteiger partial charge on any atom is -0.404 e. The molecule has 4 aromatic rings. The van der Waals surface area contributed by atoms with E-state index >= 15 is 0 Å². The van der Waals surface area contributed by atoms with Crippen LogP contribution in [-0.4, -0.2) is 19.7 Å². The number of nitrogens with zero attached hydrogens (tertiary/aromatic N) is 4. The third-order valence-electron chi connectivity index (χ3n) is 4.71. The van der Waals surface area contributed by atoms with Gasteiger partial charge >= 0.3 is 0 Å². The van der Waals surface area contributed by atoms with E-state index < -0.39 is 0 Å². The highest BCUT2D eigenvalue weighted by molar-refractivity contribution is 5.90. The highest BCUT2D eigenvalue weighted by Gasteiger charge is 2.16. The monoisotopic (exact) mass is 387 g/mol. The molecule has 0 radical (unpaired) electrons. The van der Waals surface area contributed by atoms with E-state index in [0.717, 1.165) is 22.2 Å². The van der Waals surface area contributed by atoms with Crippen LogP contribution in [0.2, 0.25) is 0 Å². The van der Waals surface area contributed by atoms with Gasteiger partial charge in [0, 0.05) is 18.5 Å². The first kappa shape index (κ1) is 18.6. The largest absolute Gasteiger partial charge is 0.404 e. The first-order valence-electron chi connectivity index (χ1n) is 9.34. The van der Waals surface area contributed by atoms with Gasteiger partial charge in [0.1, 0.15) is 12.9 Å². The number of nitrogens with one attached hydrogen (secondary N) is 1. The van der Waals surface area contributed by atoms with Crippen LogP contribution in [0.15, 0.2) is 72.0 Å². The minimum atomic E-state index is -0.299. The van der Waals surface area contributed by atoms with E-state index in [9.17, 15) is 4.79 Å². The molecule has 0 aliphatic carbocycles. The quantitative estimate of drug-likeness (QED) is 0.547. The lowest BCUT2D eigenvalue weighted by atomic mass is 10.1. The lowest BCUT2D eigenvalue weighted by molar-refractivity contribution is 0.0979. The summed E-state index contributed by atoms with van der Waals surface area (Å²) in [6.45, 7) is 4.16. The van der Waals surface area contributed by atoms with Gasteiger partial charge in [-0.15, -0.1) is 4.73 Å². The lowest BCUT2D eigenvalue weighted by Gasteiger charge is -2.19. The Balaban J connectivity index is 1.72. The van der Waals surface area contributed by atoms with E-state index in [0.29, 0.717) is 11.3 Å². The summed E-state index contributed by atoms with van der Waals surface area (Å²) < 4.78 is 1.23. The van der Waals surface area contributed by atoms with Crippen molar-refractivity contribution in [2.45, 2.75) is 26.5 Å². The molecule has 1 atom stereocenters. The van der Waals surface area contributed by atoms with Crippen LogP contribution in [0, 0.1) is 6.92 Å². The maximum Gasteiger partial charge on any atom is 0.287 e. The average Bonchev–Trinajstić information content (AvgIpc) is 2.74. The summed E-state index contributed by atoms with van der Waals surface area (Å²) in [6, 6.07) is 15.0. The molecule has 7 heteroatoms. The van der Waals surface area contributed by atoms with Crippen LogP contribution in [0.5, 0.6) is 0 Å². The second-order valence-corrected chi connectivity index (χ2v) is 6.76. The van der Waals surface area contributed by atoms with Crippen molar-refractivity contribution in [3.8, 4) is 0 Å². The first-order valence-corrected chi connectivity index (χ1v) is 9.34. The number of hydrogen-bond donors (Lipinski definition) is 1. The number of aryl methyl sites for hydroxylation is 1. The van der Waals surface area contributed by atoms with Gasteiger partial charge in [-0.3, -0.25) is 9.78 Å². The molecule has 7 nitrogen and oxygen atoms in total. The summed E-state index contributed by atoms with van der Waals surface area (Å²) in [4.78, 5) is 31.4. The summed E-state index contributed by atoms with van der Waals surface area (Å²) in [5.74, 6) is 0. The van der Waals surface area contributed by atoms with Crippen LogP contribution >= 0.6 is 0 Å². The van der Waals surface area contributed by atoms with Gasteiger partial charge in [-0.2, -0.15) is 0 Å². The Morgan fingerprint density at radius 3 is 2.72 bits per heavy atom. The van der Waals surface area contributed by atoms with Gasteiger partial charge in [0.25, 0.3) is 5.56 Å². The Morgan fingerprint density at radius 1 is 1.14 bits per heavy atom. The van der Waals surface area contributed by atoms with Crippen molar-refractivity contribution in [3.63, 3.8) is 0 Å². The van der Waals surface area contributed by atoms with Crippen LogP contribution in [0.3, 0.4) is 0 Å². The van der Waals surface area contributed by atoms with E-state index in [1.54, 1.807) is 12.4 Å². The van der Waals surface area contributed by atoms with Crippen molar-refractivity contribution in [2.75, 3.05) is 5.32 Å². The SMILES string of the molecule is Cc1ncnc2c1c(NC(C)c1cccnc1)cc(=O)n2OCc1ccccc1. The number of hydrogen-bond acceptors (Lipinski definition) is 6. The molecule has 3 heterocycles. The molecule has 0 saturated heterocycles. The Labute approximate surface area is 168 Å². The van der Waals surface area contributed by atoms with E-state index in [1.165, 1.54) is 17.1 Å². The van der Waals surface area contributed by atoms with E-state index in [4.69, 9.17) is 4.84 Å². The molecule has 1 aromatic carbocycles. The number of aromatic nitrogens is 4. The van der Waals surface area contributed by atoms with Crippen LogP contribution in [0.4, 0.5) is 5.69 Å². The molecule has 0 spiro atoms. The highest BCUT2D eigenvalue weighted by Crippen LogP contribution is 2.26. The van der Waals surface area contributed by atoms with Crippen molar-refractivity contribution in [3.05, 3.63) is 94.4 Å². The smallest absolute Gasteiger partial charge is 0.287 e. The third-order valence-corrected chi connectivity index (χ3v) is 4.71. The Kier molecular flexibility index (Phi) is 5.20. The van der Waals surface area contributed by atoms with Crippen molar-refractivity contribution >= 4 is 16.7 Å². The summed E-state index contributed by atoms with van der Waals surface area (Å²) in [7, 11) is 0. The van der Waals surface area contributed by atoms with Crippen molar-refractivity contribution in [2.24, 2.45) is 0 Å². The topological polar surface area (TPSA) is 81.9 Å². The van der Waals surface area contributed by atoms with Crippen LogP contribution in [0.25, 0.3) is 11.0 Å². The number of fused-ring (bicyclic) bond motifs is 1. The normalized spacial score (nSPS) is 11.9. The van der Waals surface area contributed by atoms with E-state index in [2.05, 4.69) is 20.3 Å².